The first-order valence-corrected chi connectivity index (χ1v) is 8.26. The number of rotatable bonds is 2. The minimum absolute atomic E-state index is 0. The zero-order valence-corrected chi connectivity index (χ0v) is 15.5. The fourth-order valence-electron chi connectivity index (χ4n) is 2.95. The highest BCUT2D eigenvalue weighted by molar-refractivity contribution is 5.49. The molecule has 0 aromatic heterocycles. The minimum Gasteiger partial charge on any atom is -0.507 e. The first kappa shape index (κ1) is 19.9. The van der Waals surface area contributed by atoms with Crippen molar-refractivity contribution in [1.29, 1.82) is 0 Å². The van der Waals surface area contributed by atoms with Crippen LogP contribution in [0.1, 0.15) is 58.2 Å². The Hall–Kier alpha value is -1.10. The molecule has 2 rings (SSSR count). The molecule has 0 spiro atoms. The van der Waals surface area contributed by atoms with Crippen LogP contribution in [-0.4, -0.2) is 41.8 Å². The molecule has 1 aromatic carbocycles. The Balaban J connectivity index is 0.00000264. The molecule has 0 saturated carbocycles. The van der Waals surface area contributed by atoms with Gasteiger partial charge in [0.25, 0.3) is 0 Å². The Bertz CT molecular complexity index is 485. The third-order valence-electron chi connectivity index (χ3n) is 4.30. The van der Waals surface area contributed by atoms with Crippen LogP contribution in [0.25, 0.3) is 0 Å². The summed E-state index contributed by atoms with van der Waals surface area (Å²) in [6.45, 7) is 17.5. The highest BCUT2D eigenvalue weighted by Crippen LogP contribution is 2.40. The van der Waals surface area contributed by atoms with Crippen molar-refractivity contribution in [3.63, 3.8) is 0 Å². The van der Waals surface area contributed by atoms with Crippen molar-refractivity contribution in [1.82, 2.24) is 4.90 Å². The zero-order valence-electron chi connectivity index (χ0n) is 15.5. The van der Waals surface area contributed by atoms with Gasteiger partial charge in [-0.05, 0) is 27.5 Å². The predicted octanol–water partition coefficient (Wildman–Crippen LogP) is 2.99. The van der Waals surface area contributed by atoms with Crippen LogP contribution in [0.5, 0.6) is 5.75 Å². The van der Waals surface area contributed by atoms with Gasteiger partial charge in [-0.25, -0.2) is 0 Å². The highest BCUT2D eigenvalue weighted by Gasteiger charge is 2.27. The van der Waals surface area contributed by atoms with Crippen molar-refractivity contribution in [3.05, 3.63) is 28.8 Å². The van der Waals surface area contributed by atoms with Crippen LogP contribution >= 0.6 is 0 Å². The van der Waals surface area contributed by atoms with Crippen molar-refractivity contribution < 1.29 is 15.3 Å². The lowest BCUT2D eigenvalue weighted by Crippen LogP contribution is -2.35. The Morgan fingerprint density at radius 1 is 0.957 bits per heavy atom. The quantitative estimate of drug-likeness (QED) is 0.910. The molecule has 1 aromatic rings. The maximum Gasteiger partial charge on any atom is 0.123 e. The molecule has 1 aliphatic heterocycles. The Morgan fingerprint density at radius 2 is 1.39 bits per heavy atom. The fraction of sp³-hybridized carbons (Fsp3) is 0.684. The van der Waals surface area contributed by atoms with E-state index in [-0.39, 0.29) is 16.3 Å². The number of aromatic hydroxyl groups is 1. The van der Waals surface area contributed by atoms with E-state index in [1.807, 2.05) is 0 Å². The SMILES string of the molecule is CC(C)(C)c1cc(CN2CCOCC2)cc(C(C)(C)C)c1O.O. The average molecular weight is 323 g/mol. The van der Waals surface area contributed by atoms with Crippen LogP contribution < -0.4 is 0 Å². The molecular weight excluding hydrogens is 290 g/mol. The molecule has 1 saturated heterocycles. The second kappa shape index (κ2) is 7.20. The second-order valence-electron chi connectivity index (χ2n) is 8.43. The van der Waals surface area contributed by atoms with Gasteiger partial charge in [0.05, 0.1) is 13.2 Å². The number of phenols is 1. The Kier molecular flexibility index (Phi) is 6.25. The van der Waals surface area contributed by atoms with E-state index in [1.54, 1.807) is 0 Å². The minimum atomic E-state index is -0.0644. The van der Waals surface area contributed by atoms with Gasteiger partial charge in [-0.1, -0.05) is 53.7 Å². The summed E-state index contributed by atoms with van der Waals surface area (Å²) in [6.07, 6.45) is 0. The van der Waals surface area contributed by atoms with Crippen LogP contribution in [0, 0.1) is 0 Å². The summed E-state index contributed by atoms with van der Waals surface area (Å²) in [4.78, 5) is 2.43. The van der Waals surface area contributed by atoms with Crippen LogP contribution in [-0.2, 0) is 22.1 Å². The summed E-state index contributed by atoms with van der Waals surface area (Å²) in [6, 6.07) is 4.36. The lowest BCUT2D eigenvalue weighted by molar-refractivity contribution is 0.0341. The molecule has 1 fully saturated rings. The average Bonchev–Trinajstić information content (AvgIpc) is 2.39. The molecule has 132 valence electrons. The first-order valence-electron chi connectivity index (χ1n) is 8.26. The summed E-state index contributed by atoms with van der Waals surface area (Å²) in [7, 11) is 0. The van der Waals surface area contributed by atoms with Gasteiger partial charge in [-0.3, -0.25) is 4.90 Å². The molecule has 0 aliphatic carbocycles. The third-order valence-corrected chi connectivity index (χ3v) is 4.30. The number of benzene rings is 1. The lowest BCUT2D eigenvalue weighted by atomic mass is 9.78. The van der Waals surface area contributed by atoms with Crippen molar-refractivity contribution in [3.8, 4) is 5.75 Å². The molecule has 0 amide bonds. The molecule has 0 unspecified atom stereocenters. The van der Waals surface area contributed by atoms with E-state index in [4.69, 9.17) is 4.74 Å². The number of ether oxygens (including phenoxy) is 1. The van der Waals surface area contributed by atoms with Gasteiger partial charge in [0.1, 0.15) is 5.75 Å². The van der Waals surface area contributed by atoms with Crippen molar-refractivity contribution in [2.24, 2.45) is 0 Å². The van der Waals surface area contributed by atoms with E-state index in [9.17, 15) is 5.11 Å². The van der Waals surface area contributed by atoms with E-state index in [0.717, 1.165) is 44.0 Å². The number of hydrogen-bond donors (Lipinski definition) is 1. The van der Waals surface area contributed by atoms with E-state index in [0.29, 0.717) is 5.75 Å². The highest BCUT2D eigenvalue weighted by atomic mass is 16.5. The standard InChI is InChI=1S/C19H31NO2.H2O/c1-18(2,3)15-11-14(13-20-7-9-22-10-8-20)12-16(17(15)21)19(4,5)6;/h11-12,21H,7-10,13H2,1-6H3;1H2. The van der Waals surface area contributed by atoms with E-state index in [1.165, 1.54) is 5.56 Å². The largest absolute Gasteiger partial charge is 0.507 e. The van der Waals surface area contributed by atoms with Gasteiger partial charge in [0, 0.05) is 19.6 Å². The first-order chi connectivity index (χ1) is 10.1. The molecular formula is C19H33NO3. The molecule has 0 atom stereocenters. The monoisotopic (exact) mass is 323 g/mol. The van der Waals surface area contributed by atoms with Crippen molar-refractivity contribution in [2.45, 2.75) is 58.9 Å². The molecule has 0 bridgehead atoms. The van der Waals surface area contributed by atoms with Crippen molar-refractivity contribution >= 4 is 0 Å². The maximum absolute atomic E-state index is 10.8. The second-order valence-corrected chi connectivity index (χ2v) is 8.43. The fourth-order valence-corrected chi connectivity index (χ4v) is 2.95. The summed E-state index contributed by atoms with van der Waals surface area (Å²) in [5.74, 6) is 0.464. The Labute approximate surface area is 140 Å². The number of hydrogen-bond acceptors (Lipinski definition) is 3. The van der Waals surface area contributed by atoms with Crippen LogP contribution in [0.3, 0.4) is 0 Å². The van der Waals surface area contributed by atoms with Crippen LogP contribution in [0.2, 0.25) is 0 Å². The van der Waals surface area contributed by atoms with Crippen LogP contribution in [0.15, 0.2) is 12.1 Å². The molecule has 1 aliphatic rings. The van der Waals surface area contributed by atoms with E-state index in [2.05, 4.69) is 58.6 Å². The van der Waals surface area contributed by atoms with Gasteiger partial charge in [-0.2, -0.15) is 0 Å². The smallest absolute Gasteiger partial charge is 0.123 e. The molecule has 3 N–H and O–H groups in total. The van der Waals surface area contributed by atoms with Gasteiger partial charge in [0.15, 0.2) is 0 Å². The summed E-state index contributed by atoms with van der Waals surface area (Å²) in [5, 5.41) is 10.8. The molecule has 0 radical (unpaired) electrons. The number of phenolic OH excluding ortho intramolecular Hbond substituents is 1. The van der Waals surface area contributed by atoms with E-state index >= 15 is 0 Å². The van der Waals surface area contributed by atoms with Crippen molar-refractivity contribution in [2.75, 3.05) is 26.3 Å². The summed E-state index contributed by atoms with van der Waals surface area (Å²) in [5.41, 5.74) is 3.25. The predicted molar refractivity (Wildman–Crippen MR) is 95.2 cm³/mol. The topological polar surface area (TPSA) is 64.2 Å². The van der Waals surface area contributed by atoms with Gasteiger partial charge < -0.3 is 15.3 Å². The Morgan fingerprint density at radius 3 is 1.78 bits per heavy atom. The number of morpholine rings is 1. The maximum atomic E-state index is 10.8. The third kappa shape index (κ3) is 4.93. The summed E-state index contributed by atoms with van der Waals surface area (Å²) < 4.78 is 5.43. The molecule has 4 nitrogen and oxygen atoms in total. The van der Waals surface area contributed by atoms with Gasteiger partial charge >= 0.3 is 0 Å². The molecule has 23 heavy (non-hydrogen) atoms. The van der Waals surface area contributed by atoms with Gasteiger partial charge in [0.2, 0.25) is 0 Å². The summed E-state index contributed by atoms with van der Waals surface area (Å²) >= 11 is 0. The lowest BCUT2D eigenvalue weighted by Gasteiger charge is -2.31. The molecule has 1 heterocycles. The number of nitrogens with zero attached hydrogens (tertiary/aromatic N) is 1. The van der Waals surface area contributed by atoms with Gasteiger partial charge in [-0.15, -0.1) is 0 Å². The zero-order chi connectivity index (χ0) is 16.5. The normalized spacial score (nSPS) is 17.0. The van der Waals surface area contributed by atoms with E-state index < -0.39 is 0 Å². The van der Waals surface area contributed by atoms with Crippen LogP contribution in [0.4, 0.5) is 0 Å². The molecule has 4 heteroatoms.